The molecule has 0 saturated heterocycles. The number of halogens is 1. The predicted molar refractivity (Wildman–Crippen MR) is 121 cm³/mol. The van der Waals surface area contributed by atoms with Crippen molar-refractivity contribution in [3.05, 3.63) is 58.6 Å². The fourth-order valence-electron chi connectivity index (χ4n) is 2.29. The molecule has 2 aromatic rings. The topological polar surface area (TPSA) is 97.9 Å². The molecule has 0 spiro atoms. The second-order valence-electron chi connectivity index (χ2n) is 6.23. The number of aryl methyl sites for hydroxylation is 1. The average Bonchev–Trinajstić information content (AvgIpc) is 2.76. The third-order valence-electron chi connectivity index (χ3n) is 3.86. The van der Waals surface area contributed by atoms with E-state index in [2.05, 4.69) is 16.2 Å². The van der Waals surface area contributed by atoms with E-state index in [0.717, 1.165) is 5.56 Å². The number of carbonyl (C=O) groups excluding carboxylic acids is 2. The van der Waals surface area contributed by atoms with E-state index in [0.29, 0.717) is 41.9 Å². The van der Waals surface area contributed by atoms with E-state index in [1.54, 1.807) is 42.5 Å². The van der Waals surface area contributed by atoms with E-state index in [-0.39, 0.29) is 11.7 Å². The lowest BCUT2D eigenvalue weighted by molar-refractivity contribution is -0.123. The summed E-state index contributed by atoms with van der Waals surface area (Å²) in [7, 11) is 0. The van der Waals surface area contributed by atoms with Crippen LogP contribution in [0.4, 0.5) is 0 Å². The molecule has 0 fully saturated rings. The zero-order chi connectivity index (χ0) is 22.6. The van der Waals surface area contributed by atoms with Crippen LogP contribution in [-0.2, 0) is 9.53 Å². The Morgan fingerprint density at radius 2 is 1.71 bits per heavy atom. The number of hydrazine groups is 1. The van der Waals surface area contributed by atoms with Gasteiger partial charge in [-0.3, -0.25) is 25.8 Å². The molecular weight excluding hydrogens is 442 g/mol. The molecule has 0 aliphatic carbocycles. The van der Waals surface area contributed by atoms with Crippen LogP contribution in [0.2, 0.25) is 5.02 Å². The molecule has 8 nitrogen and oxygen atoms in total. The van der Waals surface area contributed by atoms with Crippen LogP contribution in [0, 0.1) is 6.92 Å². The van der Waals surface area contributed by atoms with Crippen LogP contribution >= 0.6 is 23.8 Å². The van der Waals surface area contributed by atoms with Gasteiger partial charge in [0.1, 0.15) is 18.1 Å². The predicted octanol–water partition coefficient (Wildman–Crippen LogP) is 2.78. The highest BCUT2D eigenvalue weighted by Gasteiger charge is 2.09. The summed E-state index contributed by atoms with van der Waals surface area (Å²) in [4.78, 5) is 24.1. The third-order valence-corrected chi connectivity index (χ3v) is 4.49. The van der Waals surface area contributed by atoms with Crippen molar-refractivity contribution in [3.8, 4) is 11.5 Å². The molecule has 2 aromatic carbocycles. The normalized spacial score (nSPS) is 10.2. The van der Waals surface area contributed by atoms with E-state index in [4.69, 9.17) is 38.0 Å². The van der Waals surface area contributed by atoms with E-state index in [1.165, 1.54) is 0 Å². The van der Waals surface area contributed by atoms with E-state index in [1.807, 2.05) is 13.8 Å². The van der Waals surface area contributed by atoms with Gasteiger partial charge in [-0.05, 0) is 74.1 Å². The monoisotopic (exact) mass is 465 g/mol. The van der Waals surface area contributed by atoms with Gasteiger partial charge in [0.05, 0.1) is 6.61 Å². The van der Waals surface area contributed by atoms with Crippen LogP contribution in [0.25, 0.3) is 0 Å². The van der Waals surface area contributed by atoms with Crippen molar-refractivity contribution in [3.63, 3.8) is 0 Å². The van der Waals surface area contributed by atoms with Gasteiger partial charge in [0, 0.05) is 17.2 Å². The van der Waals surface area contributed by atoms with Gasteiger partial charge in [0.25, 0.3) is 11.8 Å². The minimum Gasteiger partial charge on any atom is -0.491 e. The van der Waals surface area contributed by atoms with E-state index < -0.39 is 11.8 Å². The summed E-state index contributed by atoms with van der Waals surface area (Å²) in [6, 6.07) is 11.6. The van der Waals surface area contributed by atoms with Crippen molar-refractivity contribution in [2.45, 2.75) is 13.8 Å². The molecular formula is C21H24ClN3O5S. The van der Waals surface area contributed by atoms with Crippen molar-refractivity contribution < 1.29 is 23.8 Å². The number of hydrogen-bond acceptors (Lipinski definition) is 6. The zero-order valence-corrected chi connectivity index (χ0v) is 18.8. The largest absolute Gasteiger partial charge is 0.491 e. The molecule has 2 rings (SSSR count). The van der Waals surface area contributed by atoms with Gasteiger partial charge in [-0.1, -0.05) is 11.6 Å². The first kappa shape index (κ1) is 24.4. The van der Waals surface area contributed by atoms with Crippen molar-refractivity contribution in [1.82, 2.24) is 16.2 Å². The SMILES string of the molecule is CCOCCOc1ccc(C(=O)NC(=S)NNC(=O)COc2ccc(Cl)c(C)c2)cc1. The first-order valence-corrected chi connectivity index (χ1v) is 10.3. The van der Waals surface area contributed by atoms with Gasteiger partial charge in [0.2, 0.25) is 0 Å². The molecule has 0 aromatic heterocycles. The van der Waals surface area contributed by atoms with Gasteiger partial charge in [-0.2, -0.15) is 0 Å². The fraction of sp³-hybridized carbons (Fsp3) is 0.286. The van der Waals surface area contributed by atoms with Gasteiger partial charge < -0.3 is 14.2 Å². The summed E-state index contributed by atoms with van der Waals surface area (Å²) in [5.74, 6) is 0.233. The Morgan fingerprint density at radius 3 is 2.39 bits per heavy atom. The maximum Gasteiger partial charge on any atom is 0.276 e. The molecule has 0 aliphatic heterocycles. The van der Waals surface area contributed by atoms with Crippen molar-refractivity contribution in [2.75, 3.05) is 26.4 Å². The minimum atomic E-state index is -0.474. The molecule has 0 heterocycles. The van der Waals surface area contributed by atoms with Crippen LogP contribution in [0.1, 0.15) is 22.8 Å². The molecule has 0 atom stereocenters. The molecule has 31 heavy (non-hydrogen) atoms. The Labute approximate surface area is 191 Å². The van der Waals surface area contributed by atoms with Crippen LogP contribution in [0.5, 0.6) is 11.5 Å². The number of ether oxygens (including phenoxy) is 3. The molecule has 166 valence electrons. The second-order valence-corrected chi connectivity index (χ2v) is 7.04. The molecule has 3 N–H and O–H groups in total. The van der Waals surface area contributed by atoms with E-state index in [9.17, 15) is 9.59 Å². The average molecular weight is 466 g/mol. The molecule has 2 amide bonds. The maximum atomic E-state index is 12.2. The van der Waals surface area contributed by atoms with Gasteiger partial charge >= 0.3 is 0 Å². The van der Waals surface area contributed by atoms with Gasteiger partial charge in [-0.25, -0.2) is 0 Å². The molecule has 0 bridgehead atoms. The lowest BCUT2D eigenvalue weighted by Crippen LogP contribution is -2.49. The quantitative estimate of drug-likeness (QED) is 0.297. The smallest absolute Gasteiger partial charge is 0.276 e. The summed E-state index contributed by atoms with van der Waals surface area (Å²) in [6.07, 6.45) is 0. The Morgan fingerprint density at radius 1 is 1.00 bits per heavy atom. The Balaban J connectivity index is 1.70. The van der Waals surface area contributed by atoms with Crippen LogP contribution in [-0.4, -0.2) is 43.4 Å². The number of hydrogen-bond donors (Lipinski definition) is 3. The Bertz CT molecular complexity index is 908. The number of amides is 2. The lowest BCUT2D eigenvalue weighted by atomic mass is 10.2. The molecule has 10 heteroatoms. The maximum absolute atomic E-state index is 12.2. The number of carbonyl (C=O) groups is 2. The third kappa shape index (κ3) is 8.79. The van der Waals surface area contributed by atoms with Crippen molar-refractivity contribution >= 4 is 40.7 Å². The summed E-state index contributed by atoms with van der Waals surface area (Å²) >= 11 is 11.0. The molecule has 0 unspecified atom stereocenters. The summed E-state index contributed by atoms with van der Waals surface area (Å²) in [5, 5.41) is 3.03. The summed E-state index contributed by atoms with van der Waals surface area (Å²) in [6.45, 7) is 5.06. The summed E-state index contributed by atoms with van der Waals surface area (Å²) in [5.41, 5.74) is 6.02. The second kappa shape index (κ2) is 12.7. The van der Waals surface area contributed by atoms with Crippen molar-refractivity contribution in [2.24, 2.45) is 0 Å². The van der Waals surface area contributed by atoms with Gasteiger partial charge in [-0.15, -0.1) is 0 Å². The highest BCUT2D eigenvalue weighted by Crippen LogP contribution is 2.20. The van der Waals surface area contributed by atoms with Crippen LogP contribution in [0.3, 0.4) is 0 Å². The first-order chi connectivity index (χ1) is 14.9. The van der Waals surface area contributed by atoms with E-state index >= 15 is 0 Å². The Kier molecular flexibility index (Phi) is 10.0. The molecule has 0 radical (unpaired) electrons. The van der Waals surface area contributed by atoms with Gasteiger partial charge in [0.15, 0.2) is 11.7 Å². The highest BCUT2D eigenvalue weighted by atomic mass is 35.5. The first-order valence-electron chi connectivity index (χ1n) is 9.48. The molecule has 0 aliphatic rings. The lowest BCUT2D eigenvalue weighted by Gasteiger charge is -2.12. The standard InChI is InChI=1S/C21H24ClN3O5S/c1-3-28-10-11-29-16-6-4-15(5-7-16)20(27)23-21(31)25-24-19(26)13-30-17-8-9-18(22)14(2)12-17/h4-9,12H,3,10-11,13H2,1-2H3,(H,24,26)(H2,23,25,27,31). The number of rotatable bonds is 9. The van der Waals surface area contributed by atoms with Crippen molar-refractivity contribution in [1.29, 1.82) is 0 Å². The Hall–Kier alpha value is -2.88. The minimum absolute atomic E-state index is 0.0577. The summed E-state index contributed by atoms with van der Waals surface area (Å²) < 4.78 is 16.1. The number of benzene rings is 2. The highest BCUT2D eigenvalue weighted by molar-refractivity contribution is 7.80. The van der Waals surface area contributed by atoms with Crippen LogP contribution in [0.15, 0.2) is 42.5 Å². The fourth-order valence-corrected chi connectivity index (χ4v) is 2.55. The zero-order valence-electron chi connectivity index (χ0n) is 17.2. The van der Waals surface area contributed by atoms with Crippen LogP contribution < -0.4 is 25.6 Å². The number of thiocarbonyl (C=S) groups is 1. The number of nitrogens with one attached hydrogen (secondary N) is 3. The molecule has 0 saturated carbocycles.